The number of hydrogen-bond donors (Lipinski definition) is 5. The Bertz CT molecular complexity index is 1160. The maximum atomic E-state index is 11.2. The maximum absolute atomic E-state index is 11.2. The number of rotatable bonds is 6. The first-order chi connectivity index (χ1) is 14.4. The van der Waals surface area contributed by atoms with E-state index in [9.17, 15) is 9.32 Å². The van der Waals surface area contributed by atoms with E-state index in [1.807, 2.05) is 38.1 Å². The van der Waals surface area contributed by atoms with E-state index < -0.39 is 10.6 Å². The number of nitrogens with one attached hydrogen (secondary N) is 3. The van der Waals surface area contributed by atoms with Crippen molar-refractivity contribution in [3.8, 4) is 11.8 Å². The van der Waals surface area contributed by atoms with Crippen LogP contribution < -0.4 is 10.6 Å². The predicted octanol–water partition coefficient (Wildman–Crippen LogP) is 3.32. The summed E-state index contributed by atoms with van der Waals surface area (Å²) in [5.74, 6) is 7.09. The summed E-state index contributed by atoms with van der Waals surface area (Å²) in [5, 5.41) is 15.6. The fourth-order valence-electron chi connectivity index (χ4n) is 2.59. The van der Waals surface area contributed by atoms with Gasteiger partial charge in [-0.25, -0.2) is 9.19 Å². The minimum absolute atomic E-state index is 0.0513. The minimum atomic E-state index is -2.12. The van der Waals surface area contributed by atoms with Crippen LogP contribution in [0.4, 0.5) is 17.5 Å². The minimum Gasteiger partial charge on any atom is -0.394 e. The lowest BCUT2D eigenvalue weighted by Gasteiger charge is -2.14. The molecule has 0 saturated carbocycles. The summed E-state index contributed by atoms with van der Waals surface area (Å²) in [6.07, 6.45) is 1.62. The average molecular weight is 422 g/mol. The molecule has 30 heavy (non-hydrogen) atoms. The number of aliphatic hydroxyl groups is 1. The lowest BCUT2D eigenvalue weighted by atomic mass is 10.1. The zero-order valence-corrected chi connectivity index (χ0v) is 17.6. The van der Waals surface area contributed by atoms with Crippen LogP contribution in [0.5, 0.6) is 0 Å². The molecule has 3 rings (SSSR count). The van der Waals surface area contributed by atoms with Crippen LogP contribution in [0.15, 0.2) is 59.6 Å². The van der Waals surface area contributed by atoms with Gasteiger partial charge in [0.15, 0.2) is 0 Å². The Morgan fingerprint density at radius 3 is 2.63 bits per heavy atom. The molecule has 0 aliphatic carbocycles. The third-order valence-electron chi connectivity index (χ3n) is 4.16. The SMILES string of the molecule is Cc1cccc(C#Cc2cnc(Nc3ccc([SH](=N)=O)cc3)nc2N[C@H](C)CO)c1. The summed E-state index contributed by atoms with van der Waals surface area (Å²) >= 11 is 0. The van der Waals surface area contributed by atoms with Crippen molar-refractivity contribution in [1.29, 1.82) is 4.78 Å². The molecule has 8 heteroatoms. The van der Waals surface area contributed by atoms with Crippen molar-refractivity contribution in [2.45, 2.75) is 24.8 Å². The quantitative estimate of drug-likeness (QED) is 0.308. The van der Waals surface area contributed by atoms with Crippen molar-refractivity contribution in [2.75, 3.05) is 17.2 Å². The van der Waals surface area contributed by atoms with E-state index in [2.05, 4.69) is 32.4 Å². The predicted molar refractivity (Wildman–Crippen MR) is 120 cm³/mol. The fourth-order valence-corrected chi connectivity index (χ4v) is 3.01. The van der Waals surface area contributed by atoms with Crippen LogP contribution in [-0.2, 0) is 10.6 Å². The van der Waals surface area contributed by atoms with Gasteiger partial charge < -0.3 is 15.7 Å². The highest BCUT2D eigenvalue weighted by Crippen LogP contribution is 2.19. The van der Waals surface area contributed by atoms with E-state index in [4.69, 9.17) is 4.78 Å². The Hall–Kier alpha value is -3.41. The Morgan fingerprint density at radius 1 is 1.20 bits per heavy atom. The summed E-state index contributed by atoms with van der Waals surface area (Å²) in [7, 11) is -2.12. The first-order valence-electron chi connectivity index (χ1n) is 9.33. The average Bonchev–Trinajstić information content (AvgIpc) is 2.73. The first kappa shape index (κ1) is 21.3. The number of aryl methyl sites for hydroxylation is 1. The van der Waals surface area contributed by atoms with E-state index in [-0.39, 0.29) is 12.6 Å². The number of hydrogen-bond acceptors (Lipinski definition) is 7. The maximum Gasteiger partial charge on any atom is 0.229 e. The molecule has 0 aliphatic rings. The Balaban J connectivity index is 1.89. The molecule has 1 heterocycles. The molecule has 0 saturated heterocycles. The lowest BCUT2D eigenvalue weighted by Crippen LogP contribution is -2.21. The standard InChI is InChI=1S/C22H23N5O2S/c1-15-4-3-5-17(12-15)6-7-18-13-24-22(27-21(18)25-16(2)14-28)26-19-8-10-20(11-9-19)30(23)29/h3-5,8-13,16,23,28,30H,14H2,1-2H3,(H2,24,25,26,27)/t16-/m1/s1. The summed E-state index contributed by atoms with van der Waals surface area (Å²) in [6.45, 7) is 3.80. The normalized spacial score (nSPS) is 12.4. The van der Waals surface area contributed by atoms with Crippen LogP contribution in [0.2, 0.25) is 0 Å². The van der Waals surface area contributed by atoms with Gasteiger partial charge in [0, 0.05) is 22.2 Å². The van der Waals surface area contributed by atoms with Crippen LogP contribution in [0.25, 0.3) is 0 Å². The van der Waals surface area contributed by atoms with Crippen LogP contribution in [0, 0.1) is 23.5 Å². The van der Waals surface area contributed by atoms with Gasteiger partial charge in [0.2, 0.25) is 5.95 Å². The van der Waals surface area contributed by atoms with Crippen molar-refractivity contribution in [3.05, 3.63) is 71.4 Å². The summed E-state index contributed by atoms with van der Waals surface area (Å²) in [5.41, 5.74) is 3.34. The molecule has 0 spiro atoms. The highest BCUT2D eigenvalue weighted by atomic mass is 32.2. The number of benzene rings is 2. The van der Waals surface area contributed by atoms with Crippen molar-refractivity contribution in [2.24, 2.45) is 0 Å². The second kappa shape index (κ2) is 9.87. The summed E-state index contributed by atoms with van der Waals surface area (Å²) < 4.78 is 18.5. The Morgan fingerprint density at radius 2 is 1.97 bits per heavy atom. The molecule has 4 N–H and O–H groups in total. The lowest BCUT2D eigenvalue weighted by molar-refractivity contribution is 0.281. The van der Waals surface area contributed by atoms with Gasteiger partial charge in [-0.1, -0.05) is 24.0 Å². The molecule has 1 aromatic heterocycles. The van der Waals surface area contributed by atoms with Gasteiger partial charge in [0.05, 0.1) is 29.0 Å². The van der Waals surface area contributed by atoms with Crippen molar-refractivity contribution in [3.63, 3.8) is 0 Å². The molecule has 0 amide bonds. The monoisotopic (exact) mass is 421 g/mol. The van der Waals surface area contributed by atoms with Crippen LogP contribution in [0.3, 0.4) is 0 Å². The van der Waals surface area contributed by atoms with Crippen LogP contribution in [0.1, 0.15) is 23.6 Å². The van der Waals surface area contributed by atoms with Crippen molar-refractivity contribution < 1.29 is 9.32 Å². The first-order valence-corrected chi connectivity index (χ1v) is 10.6. The number of nitrogens with zero attached hydrogens (tertiary/aromatic N) is 2. The van der Waals surface area contributed by atoms with Gasteiger partial charge in [-0.05, 0) is 55.8 Å². The molecule has 0 bridgehead atoms. The van der Waals surface area contributed by atoms with E-state index in [1.54, 1.807) is 30.5 Å². The third-order valence-corrected chi connectivity index (χ3v) is 4.93. The van der Waals surface area contributed by atoms with Gasteiger partial charge in [-0.15, -0.1) is 0 Å². The molecule has 1 unspecified atom stereocenters. The fraction of sp³-hybridized carbons (Fsp3) is 0.182. The third kappa shape index (κ3) is 5.80. The molecule has 0 fully saturated rings. The molecular weight excluding hydrogens is 398 g/mol. The van der Waals surface area contributed by atoms with Crippen molar-refractivity contribution in [1.82, 2.24) is 9.97 Å². The van der Waals surface area contributed by atoms with Gasteiger partial charge in [-0.2, -0.15) is 4.98 Å². The Kier molecular flexibility index (Phi) is 7.01. The molecular formula is C22H23N5O2S. The number of aliphatic hydroxyl groups excluding tert-OH is 1. The largest absolute Gasteiger partial charge is 0.394 e. The Labute approximate surface area is 177 Å². The zero-order valence-electron chi connectivity index (χ0n) is 16.7. The molecule has 3 aromatic rings. The molecule has 2 atom stereocenters. The molecule has 154 valence electrons. The van der Waals surface area contributed by atoms with Gasteiger partial charge >= 0.3 is 0 Å². The second-order valence-electron chi connectivity index (χ2n) is 6.77. The molecule has 0 radical (unpaired) electrons. The summed E-state index contributed by atoms with van der Waals surface area (Å²) in [6, 6.07) is 14.4. The summed E-state index contributed by atoms with van der Waals surface area (Å²) in [4.78, 5) is 9.29. The zero-order chi connectivity index (χ0) is 21.5. The molecule has 0 aliphatic heterocycles. The van der Waals surface area contributed by atoms with Crippen molar-refractivity contribution >= 4 is 28.0 Å². The van der Waals surface area contributed by atoms with Gasteiger partial charge in [0.1, 0.15) is 5.82 Å². The van der Waals surface area contributed by atoms with Gasteiger partial charge in [0.25, 0.3) is 0 Å². The number of anilines is 3. The number of aromatic nitrogens is 2. The van der Waals surface area contributed by atoms with E-state index in [1.165, 1.54) is 0 Å². The van der Waals surface area contributed by atoms with E-state index in [0.29, 0.717) is 27.9 Å². The molecule has 7 nitrogen and oxygen atoms in total. The van der Waals surface area contributed by atoms with E-state index in [0.717, 1.165) is 11.1 Å². The van der Waals surface area contributed by atoms with Crippen LogP contribution in [-0.4, -0.2) is 31.9 Å². The smallest absolute Gasteiger partial charge is 0.229 e. The molecule has 2 aromatic carbocycles. The van der Waals surface area contributed by atoms with E-state index >= 15 is 0 Å². The van der Waals surface area contributed by atoms with Crippen LogP contribution >= 0.6 is 0 Å². The van der Waals surface area contributed by atoms with Gasteiger partial charge in [-0.3, -0.25) is 4.78 Å². The highest BCUT2D eigenvalue weighted by molar-refractivity contribution is 7.73. The topological polar surface area (TPSA) is 111 Å². The number of thiol groups is 1. The second-order valence-corrected chi connectivity index (χ2v) is 7.87. The highest BCUT2D eigenvalue weighted by Gasteiger charge is 2.09.